The van der Waals surface area contributed by atoms with Crippen LogP contribution in [0.25, 0.3) is 10.3 Å². The van der Waals surface area contributed by atoms with Gasteiger partial charge in [0.05, 0.1) is 5.75 Å². The van der Waals surface area contributed by atoms with Gasteiger partial charge in [0, 0.05) is 25.3 Å². The molecule has 1 amide bonds. The van der Waals surface area contributed by atoms with Gasteiger partial charge < -0.3 is 10.2 Å². The number of thiazole rings is 1. The maximum absolute atomic E-state index is 13.0. The second-order valence-corrected chi connectivity index (χ2v) is 9.42. The Hall–Kier alpha value is -2.39. The van der Waals surface area contributed by atoms with E-state index < -0.39 is 0 Å². The molecule has 30 heavy (non-hydrogen) atoms. The van der Waals surface area contributed by atoms with E-state index in [0.717, 1.165) is 47.9 Å². The average molecular weight is 444 g/mol. The van der Waals surface area contributed by atoms with Crippen molar-refractivity contribution in [3.05, 3.63) is 39.7 Å². The molecule has 1 saturated heterocycles. The molecule has 2 aromatic heterocycles. The number of rotatable bonds is 6. The molecule has 0 spiro atoms. The number of fused-ring (bicyclic) bond motifs is 1. The molecule has 3 heterocycles. The molecule has 1 N–H and O–H groups in total. The largest absolute Gasteiger partial charge is 0.348 e. The molecule has 0 bridgehead atoms. The topological polar surface area (TPSA) is 80.1 Å². The minimum atomic E-state index is -0.127. The van der Waals surface area contributed by atoms with Gasteiger partial charge in [0.25, 0.3) is 5.56 Å². The lowest BCUT2D eigenvalue weighted by Gasteiger charge is -2.11. The van der Waals surface area contributed by atoms with Crippen LogP contribution in [0.2, 0.25) is 0 Å². The van der Waals surface area contributed by atoms with Crippen molar-refractivity contribution in [1.82, 2.24) is 14.5 Å². The number of amides is 1. The van der Waals surface area contributed by atoms with Crippen molar-refractivity contribution in [2.45, 2.75) is 45.3 Å². The Balaban J connectivity index is 1.54. The average Bonchev–Trinajstić information content (AvgIpc) is 3.35. The first-order valence-electron chi connectivity index (χ1n) is 10.1. The Kier molecular flexibility index (Phi) is 6.10. The van der Waals surface area contributed by atoms with E-state index in [9.17, 15) is 9.59 Å². The molecule has 1 aliphatic heterocycles. The van der Waals surface area contributed by atoms with Crippen LogP contribution in [0.4, 0.5) is 10.8 Å². The van der Waals surface area contributed by atoms with Crippen molar-refractivity contribution < 1.29 is 4.79 Å². The van der Waals surface area contributed by atoms with Gasteiger partial charge in [0.15, 0.2) is 15.9 Å². The number of nitrogens with one attached hydrogen (secondary N) is 1. The first-order valence-corrected chi connectivity index (χ1v) is 11.9. The third-order valence-electron chi connectivity index (χ3n) is 5.00. The Labute approximate surface area is 183 Å². The number of benzene rings is 1. The molecular formula is C21H25N5O2S2. The zero-order valence-corrected chi connectivity index (χ0v) is 19.0. The fourth-order valence-corrected chi connectivity index (χ4v) is 5.54. The van der Waals surface area contributed by atoms with Crippen LogP contribution >= 0.6 is 23.1 Å². The third kappa shape index (κ3) is 4.37. The van der Waals surface area contributed by atoms with Crippen LogP contribution in [0.3, 0.4) is 0 Å². The van der Waals surface area contributed by atoms with Crippen molar-refractivity contribution in [1.29, 1.82) is 0 Å². The minimum Gasteiger partial charge on any atom is -0.348 e. The molecule has 3 aromatic rings. The molecule has 1 aromatic carbocycles. The van der Waals surface area contributed by atoms with E-state index in [2.05, 4.69) is 26.3 Å². The van der Waals surface area contributed by atoms with Gasteiger partial charge in [-0.1, -0.05) is 29.2 Å². The SMILES string of the molecule is CCn1c(SCC(=O)Nc2cc(C)cc(C)c2)nc2nc(N3CCCC3)sc2c1=O. The Morgan fingerprint density at radius 3 is 2.53 bits per heavy atom. The zero-order chi connectivity index (χ0) is 21.3. The summed E-state index contributed by atoms with van der Waals surface area (Å²) in [4.78, 5) is 36.9. The number of carbonyl (C=O) groups is 1. The quantitative estimate of drug-likeness (QED) is 0.461. The van der Waals surface area contributed by atoms with Crippen LogP contribution in [0, 0.1) is 13.8 Å². The lowest BCUT2D eigenvalue weighted by atomic mass is 10.1. The highest BCUT2D eigenvalue weighted by molar-refractivity contribution is 7.99. The molecule has 9 heteroatoms. The molecule has 0 aliphatic carbocycles. The highest BCUT2D eigenvalue weighted by Gasteiger charge is 2.20. The first-order chi connectivity index (χ1) is 14.4. The second-order valence-electron chi connectivity index (χ2n) is 7.50. The summed E-state index contributed by atoms with van der Waals surface area (Å²) >= 11 is 2.69. The number of hydrogen-bond donors (Lipinski definition) is 1. The van der Waals surface area contributed by atoms with E-state index in [1.807, 2.05) is 32.9 Å². The van der Waals surface area contributed by atoms with Gasteiger partial charge in [-0.05, 0) is 56.9 Å². The van der Waals surface area contributed by atoms with Crippen LogP contribution in [-0.4, -0.2) is 39.3 Å². The van der Waals surface area contributed by atoms with Gasteiger partial charge in [-0.25, -0.2) is 4.98 Å². The van der Waals surface area contributed by atoms with Crippen LogP contribution in [0.5, 0.6) is 0 Å². The van der Waals surface area contributed by atoms with Crippen molar-refractivity contribution >= 4 is 50.2 Å². The summed E-state index contributed by atoms with van der Waals surface area (Å²) in [5.74, 6) is 0.0478. The number of aromatic nitrogens is 3. The number of nitrogens with zero attached hydrogens (tertiary/aromatic N) is 4. The van der Waals surface area contributed by atoms with Gasteiger partial charge in [-0.15, -0.1) is 0 Å². The molecule has 7 nitrogen and oxygen atoms in total. The third-order valence-corrected chi connectivity index (χ3v) is 7.07. The molecule has 1 aliphatic rings. The van der Waals surface area contributed by atoms with E-state index >= 15 is 0 Å². The predicted molar refractivity (Wildman–Crippen MR) is 124 cm³/mol. The van der Waals surface area contributed by atoms with E-state index in [4.69, 9.17) is 0 Å². The summed E-state index contributed by atoms with van der Waals surface area (Å²) < 4.78 is 2.21. The van der Waals surface area contributed by atoms with Crippen molar-refractivity contribution in [3.8, 4) is 0 Å². The van der Waals surface area contributed by atoms with E-state index in [-0.39, 0.29) is 17.2 Å². The predicted octanol–water partition coefficient (Wildman–Crippen LogP) is 3.82. The summed E-state index contributed by atoms with van der Waals surface area (Å²) in [7, 11) is 0. The van der Waals surface area contributed by atoms with E-state index in [1.54, 1.807) is 4.57 Å². The van der Waals surface area contributed by atoms with Gasteiger partial charge in [-0.3, -0.25) is 14.2 Å². The number of carbonyl (C=O) groups excluding carboxylic acids is 1. The lowest BCUT2D eigenvalue weighted by Crippen LogP contribution is -2.23. The molecule has 0 unspecified atom stereocenters. The molecule has 1 fully saturated rings. The van der Waals surface area contributed by atoms with Crippen LogP contribution in [0.1, 0.15) is 30.9 Å². The van der Waals surface area contributed by atoms with E-state index in [1.165, 1.54) is 23.1 Å². The minimum absolute atomic E-state index is 0.0809. The molecule has 158 valence electrons. The normalized spacial score (nSPS) is 13.9. The van der Waals surface area contributed by atoms with Gasteiger partial charge in [-0.2, -0.15) is 4.98 Å². The van der Waals surface area contributed by atoms with Gasteiger partial charge >= 0.3 is 0 Å². The number of anilines is 2. The summed E-state index contributed by atoms with van der Waals surface area (Å²) in [5.41, 5.74) is 3.38. The summed E-state index contributed by atoms with van der Waals surface area (Å²) in [6.07, 6.45) is 2.30. The highest BCUT2D eigenvalue weighted by Crippen LogP contribution is 2.29. The van der Waals surface area contributed by atoms with Crippen molar-refractivity contribution in [3.63, 3.8) is 0 Å². The zero-order valence-electron chi connectivity index (χ0n) is 17.4. The molecule has 0 atom stereocenters. The highest BCUT2D eigenvalue weighted by atomic mass is 32.2. The molecule has 4 rings (SSSR count). The van der Waals surface area contributed by atoms with Gasteiger partial charge in [0.2, 0.25) is 5.91 Å². The fourth-order valence-electron chi connectivity index (χ4n) is 3.68. The lowest BCUT2D eigenvalue weighted by molar-refractivity contribution is -0.113. The Morgan fingerprint density at radius 2 is 1.87 bits per heavy atom. The molecule has 0 saturated carbocycles. The summed E-state index contributed by atoms with van der Waals surface area (Å²) in [6, 6.07) is 5.95. The number of thioether (sulfide) groups is 1. The standard InChI is InChI=1S/C21H25N5O2S2/c1-4-26-19(28)17-18(23-20(30-17)25-7-5-6-8-25)24-21(26)29-12-16(27)22-15-10-13(2)9-14(3)11-15/h9-11H,4-8,12H2,1-3H3,(H,22,27). The van der Waals surface area contributed by atoms with E-state index in [0.29, 0.717) is 22.0 Å². The fraction of sp³-hybridized carbons (Fsp3) is 0.429. The maximum Gasteiger partial charge on any atom is 0.273 e. The van der Waals surface area contributed by atoms with Crippen LogP contribution < -0.4 is 15.8 Å². The monoisotopic (exact) mass is 443 g/mol. The Bertz CT molecular complexity index is 1130. The smallest absolute Gasteiger partial charge is 0.273 e. The number of hydrogen-bond acceptors (Lipinski definition) is 7. The van der Waals surface area contributed by atoms with Crippen LogP contribution in [-0.2, 0) is 11.3 Å². The Morgan fingerprint density at radius 1 is 1.17 bits per heavy atom. The molecular weight excluding hydrogens is 418 g/mol. The first kappa shape index (κ1) is 20.9. The maximum atomic E-state index is 13.0. The molecule has 0 radical (unpaired) electrons. The second kappa shape index (κ2) is 8.77. The summed E-state index contributed by atoms with van der Waals surface area (Å²) in [6.45, 7) is 8.36. The summed E-state index contributed by atoms with van der Waals surface area (Å²) in [5, 5.41) is 4.33. The number of aryl methyl sites for hydroxylation is 2. The van der Waals surface area contributed by atoms with Gasteiger partial charge in [0.1, 0.15) is 4.70 Å². The van der Waals surface area contributed by atoms with Crippen LogP contribution in [0.15, 0.2) is 28.2 Å². The van der Waals surface area contributed by atoms with Crippen molar-refractivity contribution in [2.75, 3.05) is 29.1 Å². The van der Waals surface area contributed by atoms with Crippen molar-refractivity contribution in [2.24, 2.45) is 0 Å².